The summed E-state index contributed by atoms with van der Waals surface area (Å²) >= 11 is 0. The van der Waals surface area contributed by atoms with Crippen molar-refractivity contribution in [3.8, 4) is 16.9 Å². The summed E-state index contributed by atoms with van der Waals surface area (Å²) in [7, 11) is 1.72. The number of para-hydroxylation sites is 2. The average Bonchev–Trinajstić information content (AvgIpc) is 2.85. The highest BCUT2D eigenvalue weighted by Crippen LogP contribution is 2.28. The molecule has 1 amide bonds. The molecule has 0 aliphatic carbocycles. The van der Waals surface area contributed by atoms with Crippen molar-refractivity contribution < 1.29 is 9.53 Å². The lowest BCUT2D eigenvalue weighted by molar-refractivity contribution is 0.0948. The Kier molecular flexibility index (Phi) is 6.85. The summed E-state index contributed by atoms with van der Waals surface area (Å²) < 4.78 is 5.49. The van der Waals surface area contributed by atoms with E-state index in [9.17, 15) is 4.79 Å². The van der Waals surface area contributed by atoms with Gasteiger partial charge in [0.25, 0.3) is 5.91 Å². The number of nitrogens with one attached hydrogen (secondary N) is 1. The van der Waals surface area contributed by atoms with E-state index in [0.717, 1.165) is 55.3 Å². The molecule has 0 saturated carbocycles. The van der Waals surface area contributed by atoms with Crippen molar-refractivity contribution in [2.75, 3.05) is 51.3 Å². The summed E-state index contributed by atoms with van der Waals surface area (Å²) in [4.78, 5) is 17.2. The molecule has 0 spiro atoms. The first-order valence-electron chi connectivity index (χ1n) is 10.8. The maximum Gasteiger partial charge on any atom is 0.251 e. The Balaban J connectivity index is 1.22. The number of hydrogen-bond donors (Lipinski definition) is 1. The van der Waals surface area contributed by atoms with Gasteiger partial charge < -0.3 is 15.0 Å². The zero-order valence-electron chi connectivity index (χ0n) is 18.0. The maximum absolute atomic E-state index is 12.5. The second-order valence-electron chi connectivity index (χ2n) is 7.70. The monoisotopic (exact) mass is 415 g/mol. The third-order valence-corrected chi connectivity index (χ3v) is 5.77. The molecule has 3 aromatic carbocycles. The summed E-state index contributed by atoms with van der Waals surface area (Å²) in [6.45, 7) is 5.35. The predicted molar refractivity (Wildman–Crippen MR) is 126 cm³/mol. The van der Waals surface area contributed by atoms with Crippen LogP contribution in [-0.4, -0.2) is 57.2 Å². The summed E-state index contributed by atoms with van der Waals surface area (Å²) in [5, 5.41) is 3.05. The van der Waals surface area contributed by atoms with Gasteiger partial charge in [0.15, 0.2) is 0 Å². The number of anilines is 1. The van der Waals surface area contributed by atoms with Crippen LogP contribution in [0.4, 0.5) is 5.69 Å². The lowest BCUT2D eigenvalue weighted by atomic mass is 10.0. The minimum atomic E-state index is -0.0210. The number of nitrogens with zero attached hydrogens (tertiary/aromatic N) is 2. The maximum atomic E-state index is 12.5. The minimum absolute atomic E-state index is 0.0210. The van der Waals surface area contributed by atoms with Crippen molar-refractivity contribution in [1.29, 1.82) is 0 Å². The Hall–Kier alpha value is -3.31. The van der Waals surface area contributed by atoms with Gasteiger partial charge >= 0.3 is 0 Å². The Morgan fingerprint density at radius 2 is 1.48 bits per heavy atom. The summed E-state index contributed by atoms with van der Waals surface area (Å²) in [6, 6.07) is 26.1. The minimum Gasteiger partial charge on any atom is -0.495 e. The second-order valence-corrected chi connectivity index (χ2v) is 7.70. The lowest BCUT2D eigenvalue weighted by Gasteiger charge is -2.36. The van der Waals surface area contributed by atoms with Crippen LogP contribution in [0.2, 0.25) is 0 Å². The molecule has 5 heteroatoms. The van der Waals surface area contributed by atoms with E-state index in [0.29, 0.717) is 12.1 Å². The smallest absolute Gasteiger partial charge is 0.251 e. The molecule has 0 atom stereocenters. The van der Waals surface area contributed by atoms with Gasteiger partial charge in [0, 0.05) is 44.8 Å². The van der Waals surface area contributed by atoms with Crippen LogP contribution in [0.25, 0.3) is 11.1 Å². The standard InChI is InChI=1S/C26H29N3O2/c1-31-25-10-6-5-9-24(25)29-19-17-28(18-20-29)16-15-27-26(30)23-13-11-22(12-14-23)21-7-3-2-4-8-21/h2-14H,15-20H2,1H3,(H,27,30). The molecule has 3 aromatic rings. The van der Waals surface area contributed by atoms with Crippen molar-refractivity contribution in [3.05, 3.63) is 84.4 Å². The predicted octanol–water partition coefficient (Wildman–Crippen LogP) is 3.91. The SMILES string of the molecule is COc1ccccc1N1CCN(CCNC(=O)c2ccc(-c3ccccc3)cc2)CC1. The Bertz CT molecular complexity index is 981. The third-order valence-electron chi connectivity index (χ3n) is 5.77. The first kappa shape index (κ1) is 20.9. The molecule has 1 saturated heterocycles. The van der Waals surface area contributed by atoms with E-state index in [4.69, 9.17) is 4.74 Å². The molecular formula is C26H29N3O2. The highest BCUT2D eigenvalue weighted by molar-refractivity contribution is 5.94. The highest BCUT2D eigenvalue weighted by Gasteiger charge is 2.19. The fourth-order valence-electron chi connectivity index (χ4n) is 3.98. The number of amides is 1. The van der Waals surface area contributed by atoms with E-state index in [1.165, 1.54) is 0 Å². The fourth-order valence-corrected chi connectivity index (χ4v) is 3.98. The fraction of sp³-hybridized carbons (Fsp3) is 0.269. The van der Waals surface area contributed by atoms with Crippen LogP contribution in [0, 0.1) is 0 Å². The van der Waals surface area contributed by atoms with Gasteiger partial charge in [0.1, 0.15) is 5.75 Å². The summed E-state index contributed by atoms with van der Waals surface area (Å²) in [6.07, 6.45) is 0. The molecule has 160 valence electrons. The number of carbonyl (C=O) groups is 1. The van der Waals surface area contributed by atoms with Crippen molar-refractivity contribution in [2.24, 2.45) is 0 Å². The number of carbonyl (C=O) groups excluding carboxylic acids is 1. The molecule has 0 aromatic heterocycles. The van der Waals surface area contributed by atoms with E-state index < -0.39 is 0 Å². The average molecular weight is 416 g/mol. The topological polar surface area (TPSA) is 44.8 Å². The summed E-state index contributed by atoms with van der Waals surface area (Å²) in [5.74, 6) is 0.897. The van der Waals surface area contributed by atoms with Crippen molar-refractivity contribution in [1.82, 2.24) is 10.2 Å². The van der Waals surface area contributed by atoms with Gasteiger partial charge in [-0.2, -0.15) is 0 Å². The van der Waals surface area contributed by atoms with Crippen LogP contribution >= 0.6 is 0 Å². The molecule has 0 bridgehead atoms. The lowest BCUT2D eigenvalue weighted by Crippen LogP contribution is -2.48. The van der Waals surface area contributed by atoms with Gasteiger partial charge in [-0.1, -0.05) is 54.6 Å². The molecule has 31 heavy (non-hydrogen) atoms. The molecular weight excluding hydrogens is 386 g/mol. The van der Waals surface area contributed by atoms with Crippen LogP contribution in [-0.2, 0) is 0 Å². The van der Waals surface area contributed by atoms with E-state index in [2.05, 4.69) is 33.3 Å². The first-order chi connectivity index (χ1) is 15.2. The van der Waals surface area contributed by atoms with Gasteiger partial charge in [0.2, 0.25) is 0 Å². The first-order valence-corrected chi connectivity index (χ1v) is 10.8. The van der Waals surface area contributed by atoms with Crippen molar-refractivity contribution in [2.45, 2.75) is 0 Å². The van der Waals surface area contributed by atoms with Crippen LogP contribution in [0.1, 0.15) is 10.4 Å². The van der Waals surface area contributed by atoms with Crippen molar-refractivity contribution in [3.63, 3.8) is 0 Å². The van der Waals surface area contributed by atoms with Gasteiger partial charge in [0.05, 0.1) is 12.8 Å². The third kappa shape index (κ3) is 5.25. The van der Waals surface area contributed by atoms with E-state index in [1.807, 2.05) is 60.7 Å². The van der Waals surface area contributed by atoms with Crippen LogP contribution in [0.5, 0.6) is 5.75 Å². The van der Waals surface area contributed by atoms with Crippen LogP contribution in [0.3, 0.4) is 0 Å². The molecule has 0 radical (unpaired) electrons. The largest absolute Gasteiger partial charge is 0.495 e. The number of rotatable bonds is 7. The van der Waals surface area contributed by atoms with E-state index in [-0.39, 0.29) is 5.91 Å². The number of hydrogen-bond acceptors (Lipinski definition) is 4. The quantitative estimate of drug-likeness (QED) is 0.635. The Morgan fingerprint density at radius 1 is 0.839 bits per heavy atom. The zero-order valence-corrected chi connectivity index (χ0v) is 18.0. The number of methoxy groups -OCH3 is 1. The molecule has 1 heterocycles. The normalized spacial score (nSPS) is 14.3. The van der Waals surface area contributed by atoms with Gasteiger partial charge in [-0.25, -0.2) is 0 Å². The Labute approximate surface area is 184 Å². The molecule has 4 rings (SSSR count). The Morgan fingerprint density at radius 3 is 2.19 bits per heavy atom. The molecule has 0 unspecified atom stereocenters. The van der Waals surface area contributed by atoms with Crippen LogP contribution in [0.15, 0.2) is 78.9 Å². The van der Waals surface area contributed by atoms with Gasteiger partial charge in [-0.05, 0) is 35.4 Å². The molecule has 1 fully saturated rings. The molecule has 1 aliphatic heterocycles. The zero-order chi connectivity index (χ0) is 21.5. The number of piperazine rings is 1. The van der Waals surface area contributed by atoms with Crippen molar-refractivity contribution >= 4 is 11.6 Å². The van der Waals surface area contributed by atoms with Gasteiger partial charge in [-0.15, -0.1) is 0 Å². The second kappa shape index (κ2) is 10.1. The van der Waals surface area contributed by atoms with E-state index in [1.54, 1.807) is 7.11 Å². The molecule has 1 N–H and O–H groups in total. The van der Waals surface area contributed by atoms with E-state index >= 15 is 0 Å². The molecule has 5 nitrogen and oxygen atoms in total. The van der Waals surface area contributed by atoms with Crippen LogP contribution < -0.4 is 15.0 Å². The molecule has 1 aliphatic rings. The summed E-state index contributed by atoms with van der Waals surface area (Å²) in [5.41, 5.74) is 4.12. The number of benzene rings is 3. The van der Waals surface area contributed by atoms with Gasteiger partial charge in [-0.3, -0.25) is 9.69 Å². The highest BCUT2D eigenvalue weighted by atomic mass is 16.5. The number of ether oxygens (including phenoxy) is 1.